The maximum absolute atomic E-state index is 11.8. The summed E-state index contributed by atoms with van der Waals surface area (Å²) in [5.74, 6) is 0.494. The first-order valence-corrected chi connectivity index (χ1v) is 12.7. The molecule has 18 heteroatoms. The first-order valence-electron chi connectivity index (χ1n) is 8.23. The van der Waals surface area contributed by atoms with E-state index in [-0.39, 0.29) is 0 Å². The van der Waals surface area contributed by atoms with Crippen molar-refractivity contribution in [3.63, 3.8) is 0 Å². The van der Waals surface area contributed by atoms with E-state index < -0.39 is 42.3 Å². The maximum atomic E-state index is 11.8. The van der Waals surface area contributed by atoms with Crippen LogP contribution in [-0.4, -0.2) is 49.3 Å². The summed E-state index contributed by atoms with van der Waals surface area (Å²) >= 11 is 0. The number of hydrogen-bond acceptors (Lipinski definition) is 11. The predicted octanol–water partition coefficient (Wildman–Crippen LogP) is 1.83. The summed E-state index contributed by atoms with van der Waals surface area (Å²) in [5.41, 5.74) is 1.62. The van der Waals surface area contributed by atoms with Gasteiger partial charge in [0.1, 0.15) is 11.8 Å². The fraction of sp³-hybridized carbons (Fsp3) is 0.500. The lowest BCUT2D eigenvalue weighted by atomic mass is 10.1. The minimum atomic E-state index is -5.56. The van der Waals surface area contributed by atoms with Crippen LogP contribution in [-0.2, 0) is 31.6 Å². The Bertz CT molecular complexity index is 1050. The van der Waals surface area contributed by atoms with Crippen LogP contribution in [0.3, 0.4) is 0 Å². The monoisotopic (exact) mass is 489 g/mol. The summed E-state index contributed by atoms with van der Waals surface area (Å²) in [6.07, 6.45) is 2.58. The molecular weight excluding hydrogens is 471 g/mol. The Morgan fingerprint density at radius 1 is 1.13 bits per heavy atom. The van der Waals surface area contributed by atoms with E-state index in [0.29, 0.717) is 35.3 Å². The van der Waals surface area contributed by atoms with Crippen molar-refractivity contribution in [3.8, 4) is 0 Å². The van der Waals surface area contributed by atoms with Crippen LogP contribution < -0.4 is 5.32 Å². The summed E-state index contributed by atoms with van der Waals surface area (Å²) < 4.78 is 56.9. The number of rotatable bonds is 9. The molecular formula is C12H18N3O12P3. The zero-order valence-electron chi connectivity index (χ0n) is 15.2. The van der Waals surface area contributed by atoms with Gasteiger partial charge in [-0.15, -0.1) is 0 Å². The Morgan fingerprint density at radius 2 is 1.87 bits per heavy atom. The zero-order valence-corrected chi connectivity index (χ0v) is 17.9. The third-order valence-corrected chi connectivity index (χ3v) is 7.71. The molecule has 168 valence electrons. The summed E-state index contributed by atoms with van der Waals surface area (Å²) in [7, 11) is -14.5. The summed E-state index contributed by atoms with van der Waals surface area (Å²) in [4.78, 5) is 43.9. The van der Waals surface area contributed by atoms with Gasteiger partial charge in [0.05, 0.1) is 25.1 Å². The Hall–Kier alpha value is -1.21. The fourth-order valence-electron chi connectivity index (χ4n) is 2.81. The number of nitrogens with zero attached hydrogens (tertiary/aromatic N) is 2. The Morgan fingerprint density at radius 3 is 2.53 bits per heavy atom. The molecule has 0 bridgehead atoms. The second-order valence-corrected chi connectivity index (χ2v) is 10.5. The van der Waals surface area contributed by atoms with Crippen molar-refractivity contribution in [2.75, 3.05) is 19.0 Å². The highest BCUT2D eigenvalue weighted by Gasteiger charge is 2.41. The molecule has 4 atom stereocenters. The van der Waals surface area contributed by atoms with Gasteiger partial charge in [0.2, 0.25) is 0 Å². The molecule has 1 fully saturated rings. The molecule has 2 unspecified atom stereocenters. The molecule has 3 rings (SSSR count). The first kappa shape index (κ1) is 23.5. The van der Waals surface area contributed by atoms with E-state index in [2.05, 4.69) is 28.4 Å². The van der Waals surface area contributed by atoms with Gasteiger partial charge in [-0.05, 0) is 12.8 Å². The average molecular weight is 489 g/mol. The number of fused-ring (bicyclic) bond motifs is 1. The fourth-order valence-corrected chi connectivity index (χ4v) is 5.86. The van der Waals surface area contributed by atoms with Gasteiger partial charge in [0.25, 0.3) is 0 Å². The standard InChI is InChI=1S/C12H18N3O12P3/c1-13-12-11-10(14-6-15-12)8(5-23-11)9-3-2-7(25-9)4-24-29(19,20)27-30(21,22)26-28(16,17)18/h5-7,9H,2-4H2,1H3,(H,19,20)(H,21,22)(H,13,14,15)(H2,16,17,18)/t7-,9+/m0/s1. The highest BCUT2D eigenvalue weighted by Crippen LogP contribution is 2.66. The van der Waals surface area contributed by atoms with Crippen molar-refractivity contribution < 1.29 is 55.6 Å². The first-order chi connectivity index (χ1) is 13.9. The lowest BCUT2D eigenvalue weighted by Crippen LogP contribution is -2.14. The van der Waals surface area contributed by atoms with Crippen molar-refractivity contribution in [1.29, 1.82) is 0 Å². The third kappa shape index (κ3) is 5.94. The number of anilines is 1. The van der Waals surface area contributed by atoms with Crippen molar-refractivity contribution in [2.45, 2.75) is 25.0 Å². The minimum Gasteiger partial charge on any atom is -0.458 e. The second-order valence-electron chi connectivity index (χ2n) is 6.05. The van der Waals surface area contributed by atoms with E-state index in [0.717, 1.165) is 0 Å². The molecule has 2 aromatic rings. The lowest BCUT2D eigenvalue weighted by Gasteiger charge is -2.18. The van der Waals surface area contributed by atoms with E-state index in [1.807, 2.05) is 0 Å². The number of nitrogens with one attached hydrogen (secondary N) is 1. The largest absolute Gasteiger partial charge is 0.490 e. The van der Waals surface area contributed by atoms with Gasteiger partial charge in [-0.25, -0.2) is 23.7 Å². The molecule has 0 spiro atoms. The molecule has 0 radical (unpaired) electrons. The normalized spacial score (nSPS) is 23.9. The average Bonchev–Trinajstić information content (AvgIpc) is 3.23. The molecule has 3 heterocycles. The van der Waals surface area contributed by atoms with E-state index in [1.165, 1.54) is 12.6 Å². The van der Waals surface area contributed by atoms with E-state index in [9.17, 15) is 18.6 Å². The highest BCUT2D eigenvalue weighted by atomic mass is 31.3. The van der Waals surface area contributed by atoms with Crippen LogP contribution in [0.15, 0.2) is 17.0 Å². The molecule has 15 nitrogen and oxygen atoms in total. The molecule has 1 saturated heterocycles. The second kappa shape index (κ2) is 8.73. The van der Waals surface area contributed by atoms with Gasteiger partial charge < -0.3 is 34.0 Å². The number of phosphoric acid groups is 3. The molecule has 30 heavy (non-hydrogen) atoms. The zero-order chi connectivity index (χ0) is 22.2. The van der Waals surface area contributed by atoms with Crippen LogP contribution >= 0.6 is 23.5 Å². The van der Waals surface area contributed by atoms with Crippen molar-refractivity contribution in [2.24, 2.45) is 0 Å². The van der Waals surface area contributed by atoms with E-state index >= 15 is 0 Å². The van der Waals surface area contributed by atoms with Gasteiger partial charge in [0.15, 0.2) is 11.4 Å². The molecule has 2 aromatic heterocycles. The van der Waals surface area contributed by atoms with E-state index in [1.54, 1.807) is 7.05 Å². The molecule has 0 amide bonds. The number of hydrogen-bond donors (Lipinski definition) is 5. The van der Waals surface area contributed by atoms with Crippen LogP contribution in [0.1, 0.15) is 24.5 Å². The van der Waals surface area contributed by atoms with E-state index in [4.69, 9.17) is 23.8 Å². The number of phosphoric ester groups is 1. The SMILES string of the molecule is CNc1ncnc2c([C@H]3CC[C@@H](COP(=O)(O)OP(=O)(O)OP(=O)(O)O)O3)coc12. The summed E-state index contributed by atoms with van der Waals surface area (Å²) in [5, 5.41) is 2.87. The Balaban J connectivity index is 1.60. The predicted molar refractivity (Wildman–Crippen MR) is 98.0 cm³/mol. The van der Waals surface area contributed by atoms with Crippen LogP contribution in [0, 0.1) is 0 Å². The van der Waals surface area contributed by atoms with Crippen LogP contribution in [0.5, 0.6) is 0 Å². The summed E-state index contributed by atoms with van der Waals surface area (Å²) in [6, 6.07) is 0. The van der Waals surface area contributed by atoms with Crippen molar-refractivity contribution in [1.82, 2.24) is 9.97 Å². The molecule has 0 aliphatic carbocycles. The van der Waals surface area contributed by atoms with Gasteiger partial charge in [0, 0.05) is 12.6 Å². The van der Waals surface area contributed by atoms with Crippen molar-refractivity contribution in [3.05, 3.63) is 18.2 Å². The lowest BCUT2D eigenvalue weighted by molar-refractivity contribution is 0.0103. The van der Waals surface area contributed by atoms with Gasteiger partial charge in [-0.1, -0.05) is 0 Å². The van der Waals surface area contributed by atoms with Crippen LogP contribution in [0.4, 0.5) is 5.82 Å². The Kier molecular flexibility index (Phi) is 6.83. The summed E-state index contributed by atoms with van der Waals surface area (Å²) in [6.45, 7) is -0.507. The van der Waals surface area contributed by atoms with Crippen LogP contribution in [0.2, 0.25) is 0 Å². The van der Waals surface area contributed by atoms with Crippen molar-refractivity contribution >= 4 is 40.4 Å². The number of furan rings is 1. The third-order valence-electron chi connectivity index (χ3n) is 3.91. The van der Waals surface area contributed by atoms with Gasteiger partial charge >= 0.3 is 23.5 Å². The van der Waals surface area contributed by atoms with Gasteiger partial charge in [-0.3, -0.25) is 4.52 Å². The number of aromatic nitrogens is 2. The molecule has 1 aliphatic heterocycles. The topological polar surface area (TPSA) is 220 Å². The minimum absolute atomic E-state index is 0.400. The quantitative estimate of drug-likeness (QED) is 0.317. The molecule has 0 aromatic carbocycles. The van der Waals surface area contributed by atoms with Gasteiger partial charge in [-0.2, -0.15) is 8.62 Å². The molecule has 0 saturated carbocycles. The highest BCUT2D eigenvalue weighted by molar-refractivity contribution is 7.66. The van der Waals surface area contributed by atoms with Crippen LogP contribution in [0.25, 0.3) is 11.1 Å². The number of ether oxygens (including phenoxy) is 1. The molecule has 5 N–H and O–H groups in total. The smallest absolute Gasteiger partial charge is 0.458 e. The Labute approximate surface area is 168 Å². The molecule has 1 aliphatic rings. The maximum Gasteiger partial charge on any atom is 0.490 e.